The number of hydrogen-bond acceptors (Lipinski definition) is 1. The van der Waals surface area contributed by atoms with Crippen LogP contribution in [0.15, 0.2) is 42.6 Å². The Morgan fingerprint density at radius 1 is 1.15 bits per heavy atom. The Kier molecular flexibility index (Phi) is 2.36. The summed E-state index contributed by atoms with van der Waals surface area (Å²) in [5.74, 6) is 0.575. The van der Waals surface area contributed by atoms with Gasteiger partial charge in [-0.25, -0.2) is 0 Å². The molecule has 1 aromatic carbocycles. The summed E-state index contributed by atoms with van der Waals surface area (Å²) in [6.45, 7) is 6.05. The third-order valence-corrected chi connectivity index (χ3v) is 5.66. The molecule has 1 saturated heterocycles. The summed E-state index contributed by atoms with van der Waals surface area (Å²) in [5.41, 5.74) is 4.73. The number of fused-ring (bicyclic) bond motifs is 2. The van der Waals surface area contributed by atoms with Gasteiger partial charge in [-0.15, -0.1) is 0 Å². The molecule has 0 N–H and O–H groups in total. The molecule has 0 radical (unpaired) electrons. The van der Waals surface area contributed by atoms with Gasteiger partial charge in [0, 0.05) is 48.5 Å². The van der Waals surface area contributed by atoms with Crippen molar-refractivity contribution >= 4 is 5.69 Å². The predicted molar refractivity (Wildman–Crippen MR) is 83.4 cm³/mol. The van der Waals surface area contributed by atoms with Crippen molar-refractivity contribution in [3.05, 3.63) is 53.9 Å². The van der Waals surface area contributed by atoms with Crippen molar-refractivity contribution in [2.24, 2.45) is 7.05 Å². The third-order valence-electron chi connectivity index (χ3n) is 5.66. The molecule has 1 aromatic heterocycles. The quantitative estimate of drug-likeness (QED) is 0.764. The fourth-order valence-corrected chi connectivity index (χ4v) is 4.64. The number of aryl methyl sites for hydroxylation is 1. The van der Waals surface area contributed by atoms with Crippen LogP contribution >= 0.6 is 0 Å². The van der Waals surface area contributed by atoms with Crippen LogP contribution in [-0.2, 0) is 12.5 Å². The van der Waals surface area contributed by atoms with E-state index in [1.54, 1.807) is 0 Å². The Balaban J connectivity index is 1.94. The van der Waals surface area contributed by atoms with Crippen molar-refractivity contribution in [2.75, 3.05) is 11.4 Å². The number of rotatable bonds is 1. The summed E-state index contributed by atoms with van der Waals surface area (Å²) >= 11 is 0. The Labute approximate surface area is 121 Å². The van der Waals surface area contributed by atoms with E-state index in [4.69, 9.17) is 0 Å². The number of aromatic nitrogens is 1. The maximum atomic E-state index is 2.61. The Morgan fingerprint density at radius 3 is 2.70 bits per heavy atom. The highest BCUT2D eigenvalue weighted by molar-refractivity contribution is 5.64. The van der Waals surface area contributed by atoms with Gasteiger partial charge in [0.25, 0.3) is 0 Å². The zero-order valence-electron chi connectivity index (χ0n) is 12.5. The first-order valence-electron chi connectivity index (χ1n) is 7.60. The highest BCUT2D eigenvalue weighted by Gasteiger charge is 2.51. The molecule has 20 heavy (non-hydrogen) atoms. The first-order valence-corrected chi connectivity index (χ1v) is 7.60. The van der Waals surface area contributed by atoms with Gasteiger partial charge in [-0.05, 0) is 37.1 Å². The van der Waals surface area contributed by atoms with Gasteiger partial charge in [0.2, 0.25) is 0 Å². The molecule has 0 saturated carbocycles. The molecule has 0 amide bonds. The number of para-hydroxylation sites is 1. The van der Waals surface area contributed by atoms with Crippen LogP contribution in [0.25, 0.3) is 0 Å². The van der Waals surface area contributed by atoms with E-state index >= 15 is 0 Å². The van der Waals surface area contributed by atoms with Crippen LogP contribution in [0.1, 0.15) is 37.4 Å². The second kappa shape index (κ2) is 3.91. The zero-order valence-corrected chi connectivity index (χ0v) is 12.5. The van der Waals surface area contributed by atoms with E-state index in [2.05, 4.69) is 73.0 Å². The Morgan fingerprint density at radius 2 is 1.95 bits per heavy atom. The maximum absolute atomic E-state index is 2.61. The van der Waals surface area contributed by atoms with Crippen molar-refractivity contribution in [1.82, 2.24) is 4.57 Å². The minimum Gasteiger partial charge on any atom is -0.368 e. The van der Waals surface area contributed by atoms with E-state index in [0.29, 0.717) is 12.0 Å². The third kappa shape index (κ3) is 1.34. The summed E-state index contributed by atoms with van der Waals surface area (Å²) in [6.07, 6.45) is 3.43. The summed E-state index contributed by atoms with van der Waals surface area (Å²) < 4.78 is 2.30. The first kappa shape index (κ1) is 12.1. The van der Waals surface area contributed by atoms with Gasteiger partial charge in [-0.1, -0.05) is 25.1 Å². The molecular formula is C18H22N2. The summed E-state index contributed by atoms with van der Waals surface area (Å²) in [6, 6.07) is 14.0. The lowest BCUT2D eigenvalue weighted by Crippen LogP contribution is -2.58. The van der Waals surface area contributed by atoms with Crippen molar-refractivity contribution < 1.29 is 0 Å². The lowest BCUT2D eigenvalue weighted by molar-refractivity contribution is 0.236. The first-order chi connectivity index (χ1) is 9.63. The van der Waals surface area contributed by atoms with E-state index < -0.39 is 0 Å². The molecule has 3 atom stereocenters. The number of anilines is 1. The van der Waals surface area contributed by atoms with Crippen molar-refractivity contribution in [3.63, 3.8) is 0 Å². The molecule has 2 heteroatoms. The molecule has 1 fully saturated rings. The molecule has 3 aliphatic rings. The predicted octanol–water partition coefficient (Wildman–Crippen LogP) is 3.68. The van der Waals surface area contributed by atoms with Crippen molar-refractivity contribution in [3.8, 4) is 0 Å². The number of nitrogens with zero attached hydrogens (tertiary/aromatic N) is 2. The molecule has 2 aromatic rings. The van der Waals surface area contributed by atoms with E-state index in [1.807, 2.05) is 0 Å². The highest BCUT2D eigenvalue weighted by atomic mass is 15.2. The lowest BCUT2D eigenvalue weighted by atomic mass is 9.59. The molecular weight excluding hydrogens is 244 g/mol. The molecule has 104 valence electrons. The van der Waals surface area contributed by atoms with Crippen molar-refractivity contribution in [1.29, 1.82) is 0 Å². The van der Waals surface area contributed by atoms with Gasteiger partial charge < -0.3 is 9.47 Å². The average molecular weight is 266 g/mol. The smallest absolute Gasteiger partial charge is 0.0407 e. The summed E-state index contributed by atoms with van der Waals surface area (Å²) in [5, 5.41) is 0. The van der Waals surface area contributed by atoms with Gasteiger partial charge >= 0.3 is 0 Å². The van der Waals surface area contributed by atoms with Crippen LogP contribution in [0.3, 0.4) is 0 Å². The molecule has 3 unspecified atom stereocenters. The van der Waals surface area contributed by atoms with Gasteiger partial charge in [0.05, 0.1) is 0 Å². The lowest BCUT2D eigenvalue weighted by Gasteiger charge is -2.57. The molecule has 2 bridgehead atoms. The minimum atomic E-state index is 0.261. The number of hydrogen-bond donors (Lipinski definition) is 0. The fraction of sp³-hybridized carbons (Fsp3) is 0.444. The standard InChI is InChI=1S/C18H22N2/c1-13-17(16-9-6-11-19(16)3)18(2)10-12-20(13)15-8-5-4-7-14(15)18/h4-9,11,13,17H,10,12H2,1-3H3. The molecule has 0 spiro atoms. The SMILES string of the molecule is CC1C(c2cccn2C)C2(C)CCN1c1ccccc12. The van der Waals surface area contributed by atoms with Gasteiger partial charge in [0.1, 0.15) is 0 Å². The van der Waals surface area contributed by atoms with Crippen LogP contribution in [0, 0.1) is 0 Å². The molecule has 2 nitrogen and oxygen atoms in total. The van der Waals surface area contributed by atoms with Gasteiger partial charge in [-0.2, -0.15) is 0 Å². The van der Waals surface area contributed by atoms with E-state index in [-0.39, 0.29) is 5.41 Å². The monoisotopic (exact) mass is 266 g/mol. The van der Waals surface area contributed by atoms with Gasteiger partial charge in [0.15, 0.2) is 0 Å². The summed E-state index contributed by atoms with van der Waals surface area (Å²) in [4.78, 5) is 2.61. The van der Waals surface area contributed by atoms with Gasteiger partial charge in [-0.3, -0.25) is 0 Å². The van der Waals surface area contributed by atoms with E-state index in [1.165, 1.54) is 29.9 Å². The molecule has 0 aliphatic carbocycles. The molecule has 3 aliphatic heterocycles. The summed E-state index contributed by atoms with van der Waals surface area (Å²) in [7, 11) is 2.18. The van der Waals surface area contributed by atoms with Crippen LogP contribution in [-0.4, -0.2) is 17.2 Å². The topological polar surface area (TPSA) is 8.17 Å². The molecule has 4 heterocycles. The minimum absolute atomic E-state index is 0.261. The average Bonchev–Trinajstić information content (AvgIpc) is 2.85. The Hall–Kier alpha value is -1.70. The van der Waals surface area contributed by atoms with Crippen molar-refractivity contribution in [2.45, 2.75) is 37.6 Å². The second-order valence-corrected chi connectivity index (χ2v) is 6.64. The zero-order chi connectivity index (χ0) is 13.9. The molecule has 5 rings (SSSR count). The van der Waals surface area contributed by atoms with E-state index in [0.717, 1.165) is 0 Å². The van der Waals surface area contributed by atoms with E-state index in [9.17, 15) is 0 Å². The second-order valence-electron chi connectivity index (χ2n) is 6.64. The fourth-order valence-electron chi connectivity index (χ4n) is 4.64. The normalized spacial score (nSPS) is 31.4. The largest absolute Gasteiger partial charge is 0.368 e. The maximum Gasteiger partial charge on any atom is 0.0407 e. The number of piperidine rings is 1. The highest BCUT2D eigenvalue weighted by Crippen LogP contribution is 2.56. The Bertz CT molecular complexity index is 657. The van der Waals surface area contributed by atoms with Crippen LogP contribution < -0.4 is 4.90 Å². The van der Waals surface area contributed by atoms with Crippen LogP contribution in [0.2, 0.25) is 0 Å². The van der Waals surface area contributed by atoms with Crippen LogP contribution in [0.4, 0.5) is 5.69 Å². The number of benzene rings is 1. The van der Waals surface area contributed by atoms with Crippen LogP contribution in [0.5, 0.6) is 0 Å².